The van der Waals surface area contributed by atoms with Crippen molar-refractivity contribution in [3.63, 3.8) is 0 Å². The Bertz CT molecular complexity index is 184. The predicted molar refractivity (Wildman–Crippen MR) is 49.7 cm³/mol. The molecule has 0 fully saturated rings. The van der Waals surface area contributed by atoms with Crippen LogP contribution in [0.25, 0.3) is 0 Å². The molecule has 0 unspecified atom stereocenters. The number of amides is 2. The van der Waals surface area contributed by atoms with Crippen molar-refractivity contribution in [3.8, 4) is 0 Å². The second-order valence-corrected chi connectivity index (χ2v) is 2.48. The van der Waals surface area contributed by atoms with Crippen molar-refractivity contribution in [1.29, 1.82) is 0 Å². The van der Waals surface area contributed by atoms with Crippen molar-refractivity contribution in [2.75, 3.05) is 26.3 Å². The fourth-order valence-electron chi connectivity index (χ4n) is 0.663. The molecule has 0 atom stereocenters. The monoisotopic (exact) mass is 204 g/mol. The average Bonchev–Trinajstić information content (AvgIpc) is 2.21. The summed E-state index contributed by atoms with van der Waals surface area (Å²) in [6.45, 7) is 2.24. The summed E-state index contributed by atoms with van der Waals surface area (Å²) in [7, 11) is 0. The Balaban J connectivity index is 3.27. The highest BCUT2D eigenvalue weighted by molar-refractivity contribution is 5.73. The van der Waals surface area contributed by atoms with Gasteiger partial charge >= 0.3 is 12.0 Å². The summed E-state index contributed by atoms with van der Waals surface area (Å²) < 4.78 is 4.72. The minimum Gasteiger partial charge on any atom is -0.464 e. The zero-order valence-corrected chi connectivity index (χ0v) is 8.21. The molecule has 0 bridgehead atoms. The van der Waals surface area contributed by atoms with Crippen molar-refractivity contribution in [3.05, 3.63) is 0 Å². The molecule has 0 saturated carbocycles. The zero-order valence-electron chi connectivity index (χ0n) is 8.21. The fraction of sp³-hybridized carbons (Fsp3) is 0.750. The highest BCUT2D eigenvalue weighted by Gasteiger charge is 1.99. The molecule has 0 aliphatic carbocycles. The van der Waals surface area contributed by atoms with Crippen LogP contribution in [0.1, 0.15) is 13.3 Å². The Hall–Kier alpha value is -1.30. The molecule has 2 amide bonds. The highest BCUT2D eigenvalue weighted by Crippen LogP contribution is 1.82. The van der Waals surface area contributed by atoms with E-state index in [2.05, 4.69) is 10.6 Å². The molecule has 6 nitrogen and oxygen atoms in total. The number of esters is 1. The Morgan fingerprint density at radius 2 is 1.93 bits per heavy atom. The zero-order chi connectivity index (χ0) is 10.8. The predicted octanol–water partition coefficient (Wildman–Crippen LogP) is -0.769. The van der Waals surface area contributed by atoms with Crippen molar-refractivity contribution < 1.29 is 19.4 Å². The van der Waals surface area contributed by atoms with Crippen LogP contribution in [0.5, 0.6) is 0 Å². The number of urea groups is 1. The van der Waals surface area contributed by atoms with Crippen molar-refractivity contribution in [2.24, 2.45) is 0 Å². The first kappa shape index (κ1) is 12.7. The van der Waals surface area contributed by atoms with Crippen molar-refractivity contribution in [1.82, 2.24) is 10.6 Å². The summed E-state index contributed by atoms with van der Waals surface area (Å²) in [4.78, 5) is 21.5. The van der Waals surface area contributed by atoms with Gasteiger partial charge in [0.25, 0.3) is 0 Å². The number of ether oxygens (including phenoxy) is 1. The van der Waals surface area contributed by atoms with Crippen LogP contribution in [0.2, 0.25) is 0 Å². The summed E-state index contributed by atoms with van der Waals surface area (Å²) in [6, 6.07) is -0.383. The lowest BCUT2D eigenvalue weighted by atomic mass is 10.5. The fourth-order valence-corrected chi connectivity index (χ4v) is 0.663. The van der Waals surface area contributed by atoms with E-state index in [0.29, 0.717) is 6.42 Å². The van der Waals surface area contributed by atoms with Gasteiger partial charge in [-0.25, -0.2) is 4.79 Å². The molecule has 0 aromatic carbocycles. The van der Waals surface area contributed by atoms with E-state index in [0.717, 1.165) is 0 Å². The van der Waals surface area contributed by atoms with Crippen molar-refractivity contribution in [2.45, 2.75) is 13.3 Å². The van der Waals surface area contributed by atoms with Gasteiger partial charge in [-0.1, -0.05) is 6.92 Å². The van der Waals surface area contributed by atoms with Crippen molar-refractivity contribution >= 4 is 12.0 Å². The van der Waals surface area contributed by atoms with Crippen LogP contribution in [-0.4, -0.2) is 43.4 Å². The van der Waals surface area contributed by atoms with Crippen LogP contribution in [-0.2, 0) is 9.53 Å². The van der Waals surface area contributed by atoms with Crippen LogP contribution in [0.4, 0.5) is 4.79 Å². The SMILES string of the molecule is CCC(=O)OCCNC(=O)NCCO. The first-order valence-electron chi connectivity index (χ1n) is 4.49. The van der Waals surface area contributed by atoms with Crippen LogP contribution >= 0.6 is 0 Å². The number of hydrogen-bond acceptors (Lipinski definition) is 4. The highest BCUT2D eigenvalue weighted by atomic mass is 16.5. The van der Waals surface area contributed by atoms with Gasteiger partial charge in [0.1, 0.15) is 6.61 Å². The molecule has 0 saturated heterocycles. The van der Waals surface area contributed by atoms with Gasteiger partial charge in [0.2, 0.25) is 0 Å². The van der Waals surface area contributed by atoms with Gasteiger partial charge in [-0.05, 0) is 0 Å². The van der Waals surface area contributed by atoms with E-state index in [9.17, 15) is 9.59 Å². The minimum atomic E-state index is -0.383. The lowest BCUT2D eigenvalue weighted by Gasteiger charge is -2.06. The van der Waals surface area contributed by atoms with Gasteiger partial charge in [0.15, 0.2) is 0 Å². The van der Waals surface area contributed by atoms with E-state index >= 15 is 0 Å². The summed E-state index contributed by atoms with van der Waals surface area (Å²) >= 11 is 0. The van der Waals surface area contributed by atoms with Gasteiger partial charge in [0, 0.05) is 13.0 Å². The smallest absolute Gasteiger partial charge is 0.314 e. The molecule has 0 aromatic rings. The lowest BCUT2D eigenvalue weighted by Crippen LogP contribution is -2.38. The van der Waals surface area contributed by atoms with E-state index in [-0.39, 0.29) is 38.3 Å². The van der Waals surface area contributed by atoms with Crippen LogP contribution in [0.15, 0.2) is 0 Å². The third kappa shape index (κ3) is 7.35. The number of aliphatic hydroxyl groups is 1. The van der Waals surface area contributed by atoms with Crippen LogP contribution < -0.4 is 10.6 Å². The molecule has 0 rings (SSSR count). The summed E-state index contributed by atoms with van der Waals surface area (Å²) in [5.74, 6) is -0.289. The number of aliphatic hydroxyl groups excluding tert-OH is 1. The molecule has 6 heteroatoms. The lowest BCUT2D eigenvalue weighted by molar-refractivity contribution is -0.143. The minimum absolute atomic E-state index is 0.0990. The molecule has 14 heavy (non-hydrogen) atoms. The quantitative estimate of drug-likeness (QED) is 0.391. The maximum atomic E-state index is 10.8. The first-order valence-corrected chi connectivity index (χ1v) is 4.49. The number of rotatable bonds is 6. The third-order valence-corrected chi connectivity index (χ3v) is 1.34. The molecule has 0 radical (unpaired) electrons. The molecular formula is C8H16N2O4. The van der Waals surface area contributed by atoms with Gasteiger partial charge in [-0.2, -0.15) is 0 Å². The standard InChI is InChI=1S/C8H16N2O4/c1-2-7(12)14-6-4-10-8(13)9-3-5-11/h11H,2-6H2,1H3,(H2,9,10,13). The van der Waals surface area contributed by atoms with E-state index in [1.54, 1.807) is 6.92 Å². The third-order valence-electron chi connectivity index (χ3n) is 1.34. The second kappa shape index (κ2) is 8.31. The molecule has 82 valence electrons. The average molecular weight is 204 g/mol. The van der Waals surface area contributed by atoms with Crippen LogP contribution in [0.3, 0.4) is 0 Å². The molecule has 3 N–H and O–H groups in total. The van der Waals surface area contributed by atoms with E-state index in [1.807, 2.05) is 0 Å². The van der Waals surface area contributed by atoms with E-state index in [1.165, 1.54) is 0 Å². The summed E-state index contributed by atoms with van der Waals surface area (Å²) in [5.41, 5.74) is 0. The number of carbonyl (C=O) groups excluding carboxylic acids is 2. The van der Waals surface area contributed by atoms with Gasteiger partial charge in [-0.3, -0.25) is 4.79 Å². The van der Waals surface area contributed by atoms with E-state index in [4.69, 9.17) is 9.84 Å². The Kier molecular flexibility index (Phi) is 7.53. The Morgan fingerprint density at radius 3 is 2.50 bits per heavy atom. The Morgan fingerprint density at radius 1 is 1.29 bits per heavy atom. The topological polar surface area (TPSA) is 87.7 Å². The molecule has 0 spiro atoms. The molecule has 0 heterocycles. The first-order chi connectivity index (χ1) is 6.70. The number of carbonyl (C=O) groups is 2. The molecule has 0 aliphatic rings. The summed E-state index contributed by atoms with van der Waals surface area (Å²) in [5, 5.41) is 13.2. The largest absolute Gasteiger partial charge is 0.464 e. The van der Waals surface area contributed by atoms with Gasteiger partial charge in [0.05, 0.1) is 13.2 Å². The van der Waals surface area contributed by atoms with E-state index < -0.39 is 0 Å². The molecule has 0 aromatic heterocycles. The maximum Gasteiger partial charge on any atom is 0.314 e. The molecule has 0 aliphatic heterocycles. The number of nitrogens with one attached hydrogen (secondary N) is 2. The maximum absolute atomic E-state index is 10.8. The molecular weight excluding hydrogens is 188 g/mol. The summed E-state index contributed by atoms with van der Waals surface area (Å²) in [6.07, 6.45) is 0.330. The van der Waals surface area contributed by atoms with Crippen LogP contribution in [0, 0.1) is 0 Å². The second-order valence-electron chi connectivity index (χ2n) is 2.48. The van der Waals surface area contributed by atoms with Gasteiger partial charge in [-0.15, -0.1) is 0 Å². The number of hydrogen-bond donors (Lipinski definition) is 3. The Labute approximate surface area is 82.6 Å². The normalized spacial score (nSPS) is 9.29. The van der Waals surface area contributed by atoms with Gasteiger partial charge < -0.3 is 20.5 Å².